The molecular formula is C15H12Cl3NO2. The quantitative estimate of drug-likeness (QED) is 0.847. The van der Waals surface area contributed by atoms with Gasteiger partial charge in [0.15, 0.2) is 11.5 Å². The smallest absolute Gasteiger partial charge is 0.179 e. The molecule has 0 atom stereocenters. The van der Waals surface area contributed by atoms with Gasteiger partial charge in [-0.15, -0.1) is 0 Å². The molecule has 0 aromatic heterocycles. The fourth-order valence-electron chi connectivity index (χ4n) is 2.10. The van der Waals surface area contributed by atoms with Crippen molar-refractivity contribution in [3.05, 3.63) is 51.0 Å². The topological polar surface area (TPSA) is 30.5 Å². The average molecular weight is 345 g/mol. The summed E-state index contributed by atoms with van der Waals surface area (Å²) in [6.45, 7) is 1.60. The van der Waals surface area contributed by atoms with E-state index in [1.165, 1.54) is 0 Å². The fraction of sp³-hybridized carbons (Fsp3) is 0.200. The highest BCUT2D eigenvalue weighted by atomic mass is 35.5. The first-order valence-electron chi connectivity index (χ1n) is 6.41. The Morgan fingerprint density at radius 1 is 1.00 bits per heavy atom. The van der Waals surface area contributed by atoms with Gasteiger partial charge in [0.2, 0.25) is 0 Å². The van der Waals surface area contributed by atoms with Crippen LogP contribution in [0.15, 0.2) is 30.3 Å². The molecule has 0 unspecified atom stereocenters. The summed E-state index contributed by atoms with van der Waals surface area (Å²) in [7, 11) is 0. The van der Waals surface area contributed by atoms with Gasteiger partial charge in [0, 0.05) is 6.54 Å². The van der Waals surface area contributed by atoms with Gasteiger partial charge >= 0.3 is 0 Å². The number of fused-ring (bicyclic) bond motifs is 1. The monoisotopic (exact) mass is 343 g/mol. The number of anilines is 1. The van der Waals surface area contributed by atoms with Gasteiger partial charge in [-0.1, -0.05) is 40.9 Å². The van der Waals surface area contributed by atoms with Crippen LogP contribution in [-0.4, -0.2) is 13.2 Å². The van der Waals surface area contributed by atoms with E-state index in [0.29, 0.717) is 46.3 Å². The number of ether oxygens (including phenoxy) is 2. The van der Waals surface area contributed by atoms with Crippen molar-refractivity contribution in [1.82, 2.24) is 0 Å². The van der Waals surface area contributed by atoms with Gasteiger partial charge in [0.05, 0.1) is 20.8 Å². The minimum Gasteiger partial charge on any atom is -0.486 e. The van der Waals surface area contributed by atoms with E-state index in [2.05, 4.69) is 5.32 Å². The molecule has 21 heavy (non-hydrogen) atoms. The predicted octanol–water partition coefficient (Wildman–Crippen LogP) is 5.03. The van der Waals surface area contributed by atoms with E-state index in [1.54, 1.807) is 6.07 Å². The maximum atomic E-state index is 6.21. The van der Waals surface area contributed by atoms with Crippen molar-refractivity contribution in [2.45, 2.75) is 6.54 Å². The van der Waals surface area contributed by atoms with Crippen LogP contribution in [0.2, 0.25) is 15.1 Å². The molecule has 3 nitrogen and oxygen atoms in total. The zero-order chi connectivity index (χ0) is 14.8. The maximum Gasteiger partial charge on any atom is 0.179 e. The number of nitrogens with one attached hydrogen (secondary N) is 1. The van der Waals surface area contributed by atoms with E-state index >= 15 is 0 Å². The van der Waals surface area contributed by atoms with Gasteiger partial charge < -0.3 is 14.8 Å². The van der Waals surface area contributed by atoms with E-state index < -0.39 is 0 Å². The molecule has 1 heterocycles. The molecule has 0 radical (unpaired) electrons. The number of hydrogen-bond acceptors (Lipinski definition) is 3. The van der Waals surface area contributed by atoms with Crippen LogP contribution in [-0.2, 0) is 6.54 Å². The van der Waals surface area contributed by atoms with Crippen LogP contribution in [0.3, 0.4) is 0 Å². The minimum absolute atomic E-state index is 0.503. The molecule has 0 saturated heterocycles. The lowest BCUT2D eigenvalue weighted by Crippen LogP contribution is -2.16. The Morgan fingerprint density at radius 2 is 1.81 bits per heavy atom. The third-order valence-electron chi connectivity index (χ3n) is 3.09. The SMILES string of the molecule is Clc1cccc(NCc2cc(Cl)c3c(c2)OCCO3)c1Cl. The molecule has 0 amide bonds. The molecule has 2 aromatic rings. The highest BCUT2D eigenvalue weighted by molar-refractivity contribution is 6.43. The van der Waals surface area contributed by atoms with E-state index in [0.717, 1.165) is 11.3 Å². The second kappa shape index (κ2) is 6.22. The highest BCUT2D eigenvalue weighted by Gasteiger charge is 2.16. The molecule has 1 N–H and O–H groups in total. The zero-order valence-electron chi connectivity index (χ0n) is 11.0. The van der Waals surface area contributed by atoms with E-state index in [-0.39, 0.29) is 0 Å². The van der Waals surface area contributed by atoms with E-state index in [4.69, 9.17) is 44.3 Å². The fourth-order valence-corrected chi connectivity index (χ4v) is 2.76. The molecule has 1 aliphatic rings. The highest BCUT2D eigenvalue weighted by Crippen LogP contribution is 2.38. The Bertz CT molecular complexity index is 676. The Balaban J connectivity index is 1.79. The van der Waals surface area contributed by atoms with Crippen molar-refractivity contribution in [2.24, 2.45) is 0 Å². The van der Waals surface area contributed by atoms with Crippen LogP contribution in [0.4, 0.5) is 5.69 Å². The number of rotatable bonds is 3. The van der Waals surface area contributed by atoms with Gasteiger partial charge in [0.25, 0.3) is 0 Å². The number of benzene rings is 2. The molecular weight excluding hydrogens is 333 g/mol. The van der Waals surface area contributed by atoms with Crippen LogP contribution in [0.5, 0.6) is 11.5 Å². The third kappa shape index (κ3) is 3.15. The van der Waals surface area contributed by atoms with Crippen molar-refractivity contribution < 1.29 is 9.47 Å². The summed E-state index contributed by atoms with van der Waals surface area (Å²) < 4.78 is 11.0. The van der Waals surface area contributed by atoms with Crippen molar-refractivity contribution in [1.29, 1.82) is 0 Å². The number of halogens is 3. The predicted molar refractivity (Wildman–Crippen MR) is 86.2 cm³/mol. The molecule has 0 aliphatic carbocycles. The summed E-state index contributed by atoms with van der Waals surface area (Å²) in [5.74, 6) is 1.27. The molecule has 0 fully saturated rings. The molecule has 6 heteroatoms. The van der Waals surface area contributed by atoms with Gasteiger partial charge in [-0.3, -0.25) is 0 Å². The lowest BCUT2D eigenvalue weighted by Gasteiger charge is -2.20. The normalized spacial score (nSPS) is 13.1. The van der Waals surface area contributed by atoms with Crippen LogP contribution >= 0.6 is 34.8 Å². The summed E-state index contributed by atoms with van der Waals surface area (Å²) in [6, 6.07) is 9.21. The lowest BCUT2D eigenvalue weighted by atomic mass is 10.2. The Morgan fingerprint density at radius 3 is 2.67 bits per heavy atom. The first-order valence-corrected chi connectivity index (χ1v) is 7.54. The molecule has 3 rings (SSSR count). The molecule has 0 bridgehead atoms. The molecule has 0 saturated carbocycles. The van der Waals surface area contributed by atoms with Crippen LogP contribution in [0.1, 0.15) is 5.56 Å². The second-order valence-electron chi connectivity index (χ2n) is 4.56. The molecule has 1 aliphatic heterocycles. The Hall–Kier alpha value is -1.29. The molecule has 0 spiro atoms. The number of hydrogen-bond donors (Lipinski definition) is 1. The lowest BCUT2D eigenvalue weighted by molar-refractivity contribution is 0.171. The van der Waals surface area contributed by atoms with Gasteiger partial charge in [-0.05, 0) is 29.8 Å². The first-order chi connectivity index (χ1) is 10.1. The van der Waals surface area contributed by atoms with E-state index in [1.807, 2.05) is 24.3 Å². The largest absolute Gasteiger partial charge is 0.486 e. The first kappa shape index (κ1) is 14.6. The summed E-state index contributed by atoms with van der Waals surface area (Å²) in [6.07, 6.45) is 0. The van der Waals surface area contributed by atoms with Crippen molar-refractivity contribution >= 4 is 40.5 Å². The summed E-state index contributed by atoms with van der Waals surface area (Å²) in [5.41, 5.74) is 1.75. The van der Waals surface area contributed by atoms with E-state index in [9.17, 15) is 0 Å². The van der Waals surface area contributed by atoms with Gasteiger partial charge in [0.1, 0.15) is 13.2 Å². The van der Waals surface area contributed by atoms with Crippen molar-refractivity contribution in [3.8, 4) is 11.5 Å². The van der Waals surface area contributed by atoms with Gasteiger partial charge in [-0.25, -0.2) is 0 Å². The Kier molecular flexibility index (Phi) is 4.34. The van der Waals surface area contributed by atoms with Crippen molar-refractivity contribution in [3.63, 3.8) is 0 Å². The third-order valence-corrected chi connectivity index (χ3v) is 4.19. The van der Waals surface area contributed by atoms with Crippen LogP contribution in [0, 0.1) is 0 Å². The maximum absolute atomic E-state index is 6.21. The summed E-state index contributed by atoms with van der Waals surface area (Å²) in [5, 5.41) is 4.79. The standard InChI is InChI=1S/C15H12Cl3NO2/c16-10-2-1-3-12(14(10)18)19-8-9-6-11(17)15-13(7-9)20-4-5-21-15/h1-3,6-7,19H,4-5,8H2. The summed E-state index contributed by atoms with van der Waals surface area (Å²) in [4.78, 5) is 0. The minimum atomic E-state index is 0.503. The van der Waals surface area contributed by atoms with Crippen LogP contribution < -0.4 is 14.8 Å². The van der Waals surface area contributed by atoms with Gasteiger partial charge in [-0.2, -0.15) is 0 Å². The Labute approximate surface area is 137 Å². The van der Waals surface area contributed by atoms with Crippen molar-refractivity contribution in [2.75, 3.05) is 18.5 Å². The summed E-state index contributed by atoms with van der Waals surface area (Å²) >= 11 is 18.3. The van der Waals surface area contributed by atoms with Crippen LogP contribution in [0.25, 0.3) is 0 Å². The molecule has 2 aromatic carbocycles. The second-order valence-corrected chi connectivity index (χ2v) is 5.75. The average Bonchev–Trinajstić information content (AvgIpc) is 2.49. The zero-order valence-corrected chi connectivity index (χ0v) is 13.2. The molecule has 110 valence electrons.